The number of hydrazine groups is 1. The van der Waals surface area contributed by atoms with Gasteiger partial charge in [0.2, 0.25) is 0 Å². The largest absolute Gasteiger partial charge is 0.271 e. The van der Waals surface area contributed by atoms with Gasteiger partial charge in [0.1, 0.15) is 0 Å². The minimum atomic E-state index is 0.603. The molecule has 0 amide bonds. The highest BCUT2D eigenvalue weighted by atomic mass is 15.2. The van der Waals surface area contributed by atoms with Crippen LogP contribution >= 0.6 is 0 Å². The van der Waals surface area contributed by atoms with E-state index in [0.717, 1.165) is 11.8 Å². The van der Waals surface area contributed by atoms with E-state index < -0.39 is 0 Å². The van der Waals surface area contributed by atoms with E-state index in [1.54, 1.807) is 0 Å². The summed E-state index contributed by atoms with van der Waals surface area (Å²) < 4.78 is 0. The molecule has 0 heterocycles. The molecule has 2 fully saturated rings. The molecular formula is C15H30N2. The number of hydrogen-bond donors (Lipinski definition) is 2. The quantitative estimate of drug-likeness (QED) is 0.446. The van der Waals surface area contributed by atoms with Gasteiger partial charge in [0.05, 0.1) is 0 Å². The van der Waals surface area contributed by atoms with Crippen LogP contribution in [0.15, 0.2) is 0 Å². The zero-order chi connectivity index (χ0) is 11.9. The number of nitrogens with one attached hydrogen (secondary N) is 1. The van der Waals surface area contributed by atoms with Crippen LogP contribution in [0.4, 0.5) is 0 Å². The molecule has 2 saturated carbocycles. The van der Waals surface area contributed by atoms with Gasteiger partial charge in [-0.15, -0.1) is 0 Å². The fourth-order valence-electron chi connectivity index (χ4n) is 4.00. The highest BCUT2D eigenvalue weighted by molar-refractivity contribution is 4.84. The molecule has 17 heavy (non-hydrogen) atoms. The topological polar surface area (TPSA) is 38.0 Å². The van der Waals surface area contributed by atoms with Gasteiger partial charge in [-0.25, -0.2) is 0 Å². The third-order valence-electron chi connectivity index (χ3n) is 5.01. The van der Waals surface area contributed by atoms with Crippen LogP contribution in [0.25, 0.3) is 0 Å². The summed E-state index contributed by atoms with van der Waals surface area (Å²) in [5.41, 5.74) is 3.20. The second-order valence-electron chi connectivity index (χ2n) is 6.20. The molecule has 0 spiro atoms. The Labute approximate surface area is 107 Å². The van der Waals surface area contributed by atoms with Crippen molar-refractivity contribution in [3.05, 3.63) is 0 Å². The van der Waals surface area contributed by atoms with Crippen molar-refractivity contribution in [3.63, 3.8) is 0 Å². The Morgan fingerprint density at radius 2 is 1.00 bits per heavy atom. The molecule has 3 N–H and O–H groups in total. The summed E-state index contributed by atoms with van der Waals surface area (Å²) in [7, 11) is 0. The normalized spacial score (nSPS) is 25.8. The van der Waals surface area contributed by atoms with Crippen LogP contribution in [0, 0.1) is 11.8 Å². The fraction of sp³-hybridized carbons (Fsp3) is 1.00. The van der Waals surface area contributed by atoms with E-state index in [0.29, 0.717) is 6.04 Å². The van der Waals surface area contributed by atoms with E-state index in [1.165, 1.54) is 77.0 Å². The predicted octanol–water partition coefficient (Wildman–Crippen LogP) is 3.76. The van der Waals surface area contributed by atoms with Crippen LogP contribution in [0.2, 0.25) is 0 Å². The molecule has 0 saturated heterocycles. The Hall–Kier alpha value is -0.0800. The average molecular weight is 238 g/mol. The lowest BCUT2D eigenvalue weighted by atomic mass is 9.80. The predicted molar refractivity (Wildman–Crippen MR) is 73.5 cm³/mol. The zero-order valence-corrected chi connectivity index (χ0v) is 11.3. The van der Waals surface area contributed by atoms with Gasteiger partial charge >= 0.3 is 0 Å². The van der Waals surface area contributed by atoms with Crippen LogP contribution in [0.1, 0.15) is 77.0 Å². The average Bonchev–Trinajstić information content (AvgIpc) is 2.75. The lowest BCUT2D eigenvalue weighted by Crippen LogP contribution is -2.46. The van der Waals surface area contributed by atoms with Crippen molar-refractivity contribution in [1.82, 2.24) is 5.43 Å². The lowest BCUT2D eigenvalue weighted by molar-refractivity contribution is 0.219. The van der Waals surface area contributed by atoms with E-state index >= 15 is 0 Å². The van der Waals surface area contributed by atoms with Crippen molar-refractivity contribution >= 4 is 0 Å². The molecule has 0 aromatic heterocycles. The van der Waals surface area contributed by atoms with Gasteiger partial charge in [-0.1, -0.05) is 51.4 Å². The molecule has 0 unspecified atom stereocenters. The van der Waals surface area contributed by atoms with E-state index in [2.05, 4.69) is 5.43 Å². The van der Waals surface area contributed by atoms with E-state index in [4.69, 9.17) is 5.84 Å². The van der Waals surface area contributed by atoms with Gasteiger partial charge in [0, 0.05) is 6.04 Å². The highest BCUT2D eigenvalue weighted by Crippen LogP contribution is 2.34. The Balaban J connectivity index is 1.92. The molecule has 2 rings (SSSR count). The standard InChI is InChI=1S/C15H30N2/c16-17-15(13-9-5-1-2-6-10-13)14-11-7-3-4-8-12-14/h13-15,17H,1-12,16H2. The molecule has 0 radical (unpaired) electrons. The van der Waals surface area contributed by atoms with E-state index in [-0.39, 0.29) is 0 Å². The molecule has 0 aliphatic heterocycles. The van der Waals surface area contributed by atoms with Crippen molar-refractivity contribution in [2.45, 2.75) is 83.1 Å². The first-order valence-electron chi connectivity index (χ1n) is 7.88. The smallest absolute Gasteiger partial charge is 0.0266 e. The molecule has 2 nitrogen and oxygen atoms in total. The van der Waals surface area contributed by atoms with Crippen LogP contribution in [-0.2, 0) is 0 Å². The lowest BCUT2D eigenvalue weighted by Gasteiger charge is -2.32. The van der Waals surface area contributed by atoms with Crippen LogP contribution < -0.4 is 11.3 Å². The molecule has 0 bridgehead atoms. The summed E-state index contributed by atoms with van der Waals surface area (Å²) in [6.45, 7) is 0. The summed E-state index contributed by atoms with van der Waals surface area (Å²) in [4.78, 5) is 0. The summed E-state index contributed by atoms with van der Waals surface area (Å²) in [5, 5.41) is 0. The van der Waals surface area contributed by atoms with Crippen molar-refractivity contribution in [3.8, 4) is 0 Å². The van der Waals surface area contributed by atoms with Gasteiger partial charge in [0.15, 0.2) is 0 Å². The van der Waals surface area contributed by atoms with Gasteiger partial charge in [0.25, 0.3) is 0 Å². The maximum atomic E-state index is 5.89. The summed E-state index contributed by atoms with van der Waals surface area (Å²) in [6, 6.07) is 0.603. The molecule has 100 valence electrons. The third kappa shape index (κ3) is 3.96. The van der Waals surface area contributed by atoms with Crippen molar-refractivity contribution in [2.75, 3.05) is 0 Å². The molecule has 0 aromatic carbocycles. The number of rotatable bonds is 3. The summed E-state index contributed by atoms with van der Waals surface area (Å²) in [5.74, 6) is 7.59. The molecule has 2 aliphatic rings. The Bertz CT molecular complexity index is 169. The number of hydrogen-bond acceptors (Lipinski definition) is 2. The second-order valence-corrected chi connectivity index (χ2v) is 6.20. The van der Waals surface area contributed by atoms with Crippen LogP contribution in [0.5, 0.6) is 0 Å². The van der Waals surface area contributed by atoms with Gasteiger partial charge < -0.3 is 0 Å². The van der Waals surface area contributed by atoms with Gasteiger partial charge in [-0.3, -0.25) is 11.3 Å². The van der Waals surface area contributed by atoms with Crippen molar-refractivity contribution in [2.24, 2.45) is 17.7 Å². The van der Waals surface area contributed by atoms with E-state index in [1.807, 2.05) is 0 Å². The number of nitrogens with two attached hydrogens (primary N) is 1. The molecule has 0 aromatic rings. The molecule has 2 aliphatic carbocycles. The van der Waals surface area contributed by atoms with Gasteiger partial charge in [-0.2, -0.15) is 0 Å². The first-order valence-corrected chi connectivity index (χ1v) is 7.88. The molecular weight excluding hydrogens is 208 g/mol. The highest BCUT2D eigenvalue weighted by Gasteiger charge is 2.29. The Morgan fingerprint density at radius 1 is 0.647 bits per heavy atom. The molecule has 0 atom stereocenters. The third-order valence-corrected chi connectivity index (χ3v) is 5.01. The summed E-state index contributed by atoms with van der Waals surface area (Å²) >= 11 is 0. The van der Waals surface area contributed by atoms with Crippen LogP contribution in [0.3, 0.4) is 0 Å². The SMILES string of the molecule is NNC(C1CCCCCC1)C1CCCCCC1. The molecule has 2 heteroatoms. The minimum absolute atomic E-state index is 0.603. The minimum Gasteiger partial charge on any atom is -0.271 e. The van der Waals surface area contributed by atoms with Gasteiger partial charge in [-0.05, 0) is 37.5 Å². The Morgan fingerprint density at radius 3 is 1.29 bits per heavy atom. The monoisotopic (exact) mass is 238 g/mol. The Kier molecular flexibility index (Phi) is 5.79. The second kappa shape index (κ2) is 7.38. The summed E-state index contributed by atoms with van der Waals surface area (Å²) in [6.07, 6.45) is 17.1. The van der Waals surface area contributed by atoms with Crippen molar-refractivity contribution < 1.29 is 0 Å². The maximum Gasteiger partial charge on any atom is 0.0266 e. The van der Waals surface area contributed by atoms with Crippen molar-refractivity contribution in [1.29, 1.82) is 0 Å². The zero-order valence-electron chi connectivity index (χ0n) is 11.3. The van der Waals surface area contributed by atoms with E-state index in [9.17, 15) is 0 Å². The first kappa shape index (κ1) is 13.4. The fourth-order valence-corrected chi connectivity index (χ4v) is 4.00. The first-order chi connectivity index (χ1) is 8.42. The van der Waals surface area contributed by atoms with Crippen LogP contribution in [-0.4, -0.2) is 6.04 Å². The maximum absolute atomic E-state index is 5.89.